The Morgan fingerprint density at radius 3 is 2.54 bits per heavy atom. The Hall–Kier alpha value is -3.38. The number of carboxylic acids is 1. The molecule has 1 aliphatic carbocycles. The van der Waals surface area contributed by atoms with Gasteiger partial charge in [0.25, 0.3) is 0 Å². The van der Waals surface area contributed by atoms with E-state index in [9.17, 15) is 9.90 Å². The number of aromatic nitrogens is 1. The maximum absolute atomic E-state index is 11.9. The van der Waals surface area contributed by atoms with Gasteiger partial charge in [-0.2, -0.15) is 0 Å². The molecule has 0 amide bonds. The average Bonchev–Trinajstić information content (AvgIpc) is 3.78. The zero-order valence-electron chi connectivity index (χ0n) is 24.7. The van der Waals surface area contributed by atoms with Crippen molar-refractivity contribution in [1.29, 1.82) is 0 Å². The van der Waals surface area contributed by atoms with E-state index in [1.807, 2.05) is 19.2 Å². The molecule has 5 atom stereocenters. The monoisotopic (exact) mass is 554 g/mol. The van der Waals surface area contributed by atoms with Crippen molar-refractivity contribution in [1.82, 2.24) is 9.88 Å². The molecule has 1 saturated carbocycles. The number of pyridine rings is 1. The quantitative estimate of drug-likeness (QED) is 0.297. The molecule has 1 saturated heterocycles. The summed E-state index contributed by atoms with van der Waals surface area (Å²) in [6.07, 6.45) is 8.31. The van der Waals surface area contributed by atoms with Gasteiger partial charge in [0.05, 0.1) is 13.0 Å². The van der Waals surface area contributed by atoms with Crippen LogP contribution in [0.25, 0.3) is 11.1 Å². The smallest absolute Gasteiger partial charge is 0.306 e. The van der Waals surface area contributed by atoms with Crippen LogP contribution in [0.1, 0.15) is 87.2 Å². The van der Waals surface area contributed by atoms with Gasteiger partial charge >= 0.3 is 5.97 Å². The Morgan fingerprint density at radius 1 is 1.05 bits per heavy atom. The lowest BCUT2D eigenvalue weighted by Gasteiger charge is -2.30. The topological polar surface area (TPSA) is 71.9 Å². The van der Waals surface area contributed by atoms with Crippen LogP contribution in [-0.2, 0) is 17.8 Å². The van der Waals surface area contributed by atoms with Crippen LogP contribution in [0.4, 0.5) is 0 Å². The lowest BCUT2D eigenvalue weighted by atomic mass is 9.82. The minimum Gasteiger partial charge on any atom is -0.485 e. The number of carboxylic acid groups (broad SMARTS) is 1. The summed E-state index contributed by atoms with van der Waals surface area (Å²) in [5.74, 6) is 0.889. The van der Waals surface area contributed by atoms with E-state index in [-0.39, 0.29) is 12.0 Å². The van der Waals surface area contributed by atoms with Gasteiger partial charge in [-0.3, -0.25) is 9.69 Å². The van der Waals surface area contributed by atoms with E-state index in [4.69, 9.17) is 9.47 Å². The van der Waals surface area contributed by atoms with E-state index in [1.165, 1.54) is 35.1 Å². The van der Waals surface area contributed by atoms with Crippen LogP contribution in [-0.4, -0.2) is 40.2 Å². The van der Waals surface area contributed by atoms with E-state index in [1.54, 1.807) is 7.11 Å². The van der Waals surface area contributed by atoms with Crippen molar-refractivity contribution >= 4 is 5.97 Å². The fourth-order valence-electron chi connectivity index (χ4n) is 7.08. The summed E-state index contributed by atoms with van der Waals surface area (Å²) >= 11 is 0. The van der Waals surface area contributed by atoms with Crippen molar-refractivity contribution in [2.24, 2.45) is 11.8 Å². The molecule has 1 aromatic heterocycles. The third-order valence-corrected chi connectivity index (χ3v) is 9.72. The molecule has 1 N–H and O–H groups in total. The summed E-state index contributed by atoms with van der Waals surface area (Å²) < 4.78 is 12.1. The number of nitrogens with zero attached hydrogens (tertiary/aromatic N) is 2. The zero-order valence-corrected chi connectivity index (χ0v) is 24.7. The van der Waals surface area contributed by atoms with Crippen LogP contribution in [0.3, 0.4) is 0 Å². The van der Waals surface area contributed by atoms with Crippen LogP contribution in [0, 0.1) is 11.8 Å². The number of ether oxygens (including phenoxy) is 2. The number of benzene rings is 2. The third kappa shape index (κ3) is 5.72. The standard InChI is InChI=1S/C35H42N2O4/c1-21-5-6-22(2)37(21)20-29-17-27(11-13-30(29)26-15-16-36-33(19-26)40-4)31-14-12-24-7-10-28(18-32(24)41-31)34(25-8-9-25)23(3)35(38)39/h7,10-11,13,15-19,21-23,25,31,34H,5-6,8-9,12,14,20H2,1-4H3,(H,38,39)/t21-,22+,23-,31?,34-/m0/s1. The zero-order chi connectivity index (χ0) is 28.7. The fraction of sp³-hybridized carbons (Fsp3) is 0.486. The first-order valence-electron chi connectivity index (χ1n) is 15.2. The van der Waals surface area contributed by atoms with Gasteiger partial charge in [-0.1, -0.05) is 37.3 Å². The summed E-state index contributed by atoms with van der Waals surface area (Å²) in [7, 11) is 1.66. The summed E-state index contributed by atoms with van der Waals surface area (Å²) in [5.41, 5.74) is 7.11. The molecule has 1 unspecified atom stereocenters. The second-order valence-electron chi connectivity index (χ2n) is 12.5. The molecular formula is C35H42N2O4. The van der Waals surface area contributed by atoms with E-state index < -0.39 is 11.9 Å². The van der Waals surface area contributed by atoms with E-state index in [0.29, 0.717) is 23.9 Å². The predicted molar refractivity (Wildman–Crippen MR) is 160 cm³/mol. The van der Waals surface area contributed by atoms with E-state index >= 15 is 0 Å². The second-order valence-corrected chi connectivity index (χ2v) is 12.5. The largest absolute Gasteiger partial charge is 0.485 e. The first kappa shape index (κ1) is 27.8. The Labute approximate surface area is 243 Å². The minimum atomic E-state index is -0.723. The van der Waals surface area contributed by atoms with Gasteiger partial charge in [0, 0.05) is 30.9 Å². The van der Waals surface area contributed by atoms with Crippen LogP contribution >= 0.6 is 0 Å². The van der Waals surface area contributed by atoms with Crippen molar-refractivity contribution < 1.29 is 19.4 Å². The second kappa shape index (κ2) is 11.5. The average molecular weight is 555 g/mol. The van der Waals surface area contributed by atoms with Crippen LogP contribution in [0.15, 0.2) is 54.7 Å². The Balaban J connectivity index is 1.31. The molecule has 2 aromatic carbocycles. The fourth-order valence-corrected chi connectivity index (χ4v) is 7.08. The molecule has 0 radical (unpaired) electrons. The molecule has 2 aliphatic heterocycles. The van der Waals surface area contributed by atoms with Crippen molar-refractivity contribution in [3.05, 3.63) is 77.0 Å². The van der Waals surface area contributed by atoms with Gasteiger partial charge in [0.2, 0.25) is 5.88 Å². The van der Waals surface area contributed by atoms with Gasteiger partial charge in [-0.15, -0.1) is 0 Å². The highest BCUT2D eigenvalue weighted by molar-refractivity contribution is 5.71. The Morgan fingerprint density at radius 2 is 1.83 bits per heavy atom. The number of hydrogen-bond donors (Lipinski definition) is 1. The van der Waals surface area contributed by atoms with Crippen molar-refractivity contribution in [2.75, 3.05) is 7.11 Å². The van der Waals surface area contributed by atoms with Gasteiger partial charge in [-0.05, 0) is 110 Å². The van der Waals surface area contributed by atoms with Gasteiger partial charge < -0.3 is 14.6 Å². The number of aliphatic carboxylic acids is 1. The summed E-state index contributed by atoms with van der Waals surface area (Å²) in [4.78, 5) is 18.8. The molecule has 3 heterocycles. The van der Waals surface area contributed by atoms with Crippen LogP contribution in [0.5, 0.6) is 11.6 Å². The van der Waals surface area contributed by atoms with Crippen LogP contribution < -0.4 is 9.47 Å². The highest BCUT2D eigenvalue weighted by Gasteiger charge is 2.39. The number of aryl methyl sites for hydroxylation is 1. The first-order valence-corrected chi connectivity index (χ1v) is 15.2. The number of carbonyl (C=O) groups is 1. The van der Waals surface area contributed by atoms with Gasteiger partial charge in [0.15, 0.2) is 0 Å². The predicted octanol–water partition coefficient (Wildman–Crippen LogP) is 7.41. The van der Waals surface area contributed by atoms with Gasteiger partial charge in [-0.25, -0.2) is 4.98 Å². The third-order valence-electron chi connectivity index (χ3n) is 9.72. The SMILES string of the molecule is COc1cc(-c2ccc(C3CCc4ccc([C@H](C5CC5)[C@H](C)C(=O)O)cc4O3)cc2CN2[C@H](C)CC[C@@H]2C)ccn1. The molecule has 0 spiro atoms. The van der Waals surface area contributed by atoms with Crippen LogP contribution in [0.2, 0.25) is 0 Å². The minimum absolute atomic E-state index is 0.0365. The molecule has 6 rings (SSSR count). The molecule has 0 bridgehead atoms. The molecule has 2 fully saturated rings. The normalized spacial score (nSPS) is 23.9. The number of rotatable bonds is 9. The number of hydrogen-bond acceptors (Lipinski definition) is 5. The highest BCUT2D eigenvalue weighted by atomic mass is 16.5. The molecule has 41 heavy (non-hydrogen) atoms. The summed E-state index contributed by atoms with van der Waals surface area (Å²) in [6, 6.07) is 18.4. The molecule has 3 aromatic rings. The highest BCUT2D eigenvalue weighted by Crippen LogP contribution is 2.48. The number of fused-ring (bicyclic) bond motifs is 1. The lowest BCUT2D eigenvalue weighted by molar-refractivity contribution is -0.142. The molecule has 6 nitrogen and oxygen atoms in total. The first-order chi connectivity index (χ1) is 19.8. The molecule has 6 heteroatoms. The van der Waals surface area contributed by atoms with Crippen molar-refractivity contribution in [3.8, 4) is 22.8 Å². The van der Waals surface area contributed by atoms with E-state index in [0.717, 1.165) is 49.1 Å². The number of methoxy groups -OCH3 is 1. The van der Waals surface area contributed by atoms with Crippen molar-refractivity contribution in [2.45, 2.75) is 89.9 Å². The van der Waals surface area contributed by atoms with Crippen molar-refractivity contribution in [3.63, 3.8) is 0 Å². The molecule has 216 valence electrons. The van der Waals surface area contributed by atoms with E-state index in [2.05, 4.69) is 66.2 Å². The number of likely N-dealkylation sites (tertiary alicyclic amines) is 1. The molecular weight excluding hydrogens is 512 g/mol. The maximum Gasteiger partial charge on any atom is 0.306 e. The summed E-state index contributed by atoms with van der Waals surface area (Å²) in [6.45, 7) is 7.40. The Bertz CT molecular complexity index is 1410. The van der Waals surface area contributed by atoms with Gasteiger partial charge in [0.1, 0.15) is 11.9 Å². The maximum atomic E-state index is 11.9. The summed E-state index contributed by atoms with van der Waals surface area (Å²) in [5, 5.41) is 9.77. The lowest BCUT2D eigenvalue weighted by Crippen LogP contribution is -2.32. The molecule has 3 aliphatic rings. The Kier molecular flexibility index (Phi) is 7.78.